The molecule has 224 valence electrons. The smallest absolute Gasteiger partial charge is 0.358 e. The monoisotopic (exact) mass is 738 g/mol. The lowest BCUT2D eigenvalue weighted by atomic mass is 9.90. The average molecular weight is 741 g/mol. The number of halogens is 6. The molecule has 20 heteroatoms. The first-order valence-electron chi connectivity index (χ1n) is 10.9. The van der Waals surface area contributed by atoms with Gasteiger partial charge in [-0.2, -0.15) is 16.8 Å². The van der Waals surface area contributed by atoms with E-state index in [0.29, 0.717) is 0 Å². The molecule has 12 nitrogen and oxygen atoms in total. The third-order valence-electron chi connectivity index (χ3n) is 6.12. The van der Waals surface area contributed by atoms with Gasteiger partial charge in [0, 0.05) is 35.1 Å². The van der Waals surface area contributed by atoms with E-state index in [9.17, 15) is 37.3 Å². The molecular weight excluding hydrogens is 729 g/mol. The average Bonchev–Trinajstić information content (AvgIpc) is 3.26. The quantitative estimate of drug-likeness (QED) is 0.170. The van der Waals surface area contributed by atoms with Gasteiger partial charge >= 0.3 is 20.2 Å². The van der Waals surface area contributed by atoms with Gasteiger partial charge in [-0.05, 0) is 24.3 Å². The molecule has 0 amide bonds. The van der Waals surface area contributed by atoms with Gasteiger partial charge in [0.1, 0.15) is 9.79 Å². The summed E-state index contributed by atoms with van der Waals surface area (Å²) in [5.41, 5.74) is -0.506. The lowest BCUT2D eigenvalue weighted by molar-refractivity contribution is 0.200. The lowest BCUT2D eigenvalue weighted by Crippen LogP contribution is -2.20. The van der Waals surface area contributed by atoms with Gasteiger partial charge in [0.05, 0.1) is 30.1 Å². The van der Waals surface area contributed by atoms with E-state index in [-0.39, 0.29) is 61.9 Å². The predicted octanol–water partition coefficient (Wildman–Crippen LogP) is 5.16. The molecule has 1 aliphatic rings. The van der Waals surface area contributed by atoms with Crippen molar-refractivity contribution < 1.29 is 45.8 Å². The van der Waals surface area contributed by atoms with E-state index in [1.165, 1.54) is 0 Å². The lowest BCUT2D eigenvalue weighted by Gasteiger charge is -2.11. The Hall–Kier alpha value is -2.56. The van der Waals surface area contributed by atoms with Crippen LogP contribution in [-0.2, 0) is 33.1 Å². The zero-order chi connectivity index (χ0) is 31.0. The summed E-state index contributed by atoms with van der Waals surface area (Å²) in [5, 5.41) is 41.9. The highest BCUT2D eigenvalue weighted by atomic mass is 35.5. The Morgan fingerprint density at radius 1 is 0.500 bits per heavy atom. The third kappa shape index (κ3) is 5.03. The molecule has 0 bridgehead atoms. The first kappa shape index (κ1) is 30.9. The number of aromatic hydroxyl groups is 4. The molecule has 0 atom stereocenters. The van der Waals surface area contributed by atoms with Gasteiger partial charge in [0.2, 0.25) is 23.5 Å². The van der Waals surface area contributed by atoms with Gasteiger partial charge in [-0.1, -0.05) is 79.1 Å². The van der Waals surface area contributed by atoms with Crippen molar-refractivity contribution in [1.82, 2.24) is 9.46 Å². The van der Waals surface area contributed by atoms with Crippen molar-refractivity contribution in [3.63, 3.8) is 0 Å². The zero-order valence-corrected chi connectivity index (χ0v) is 26.1. The van der Waals surface area contributed by atoms with Crippen molar-refractivity contribution in [2.24, 2.45) is 0 Å². The number of nitrogens with zero attached hydrogens (tertiary/aromatic N) is 2. The van der Waals surface area contributed by atoms with Gasteiger partial charge < -0.3 is 20.4 Å². The minimum Gasteiger partial charge on any atom is -0.492 e. The highest BCUT2D eigenvalue weighted by molar-refractivity contribution is 7.87. The molecule has 0 spiro atoms. The van der Waals surface area contributed by atoms with Crippen LogP contribution in [0.1, 0.15) is 22.3 Å². The third-order valence-corrected chi connectivity index (χ3v) is 10.9. The van der Waals surface area contributed by atoms with Crippen LogP contribution in [0, 0.1) is 0 Å². The van der Waals surface area contributed by atoms with E-state index in [1.54, 1.807) is 0 Å². The van der Waals surface area contributed by atoms with Gasteiger partial charge in [0.25, 0.3) is 0 Å². The standard InChI is InChI=1S/C22H12Cl6N2O10S2/c23-11-3-15(27)17(5-13(11)25)41(35,36)39-29-19(31)7-1-8-10(2-9(7)21(29)33)22(34)30(20(8)32)40-42(37,38)18-6-14(26)12(24)4-16(18)28/h3-6,31-34H,1-2H2. The molecular formula is C22H12Cl6N2O10S2. The largest absolute Gasteiger partial charge is 0.492 e. The molecule has 0 saturated heterocycles. The van der Waals surface area contributed by atoms with Gasteiger partial charge in [-0.25, -0.2) is 0 Å². The van der Waals surface area contributed by atoms with Crippen molar-refractivity contribution in [1.29, 1.82) is 0 Å². The van der Waals surface area contributed by atoms with Crippen LogP contribution in [0.3, 0.4) is 0 Å². The summed E-state index contributed by atoms with van der Waals surface area (Å²) in [4.78, 5) is -1.25. The number of hydrogen-bond acceptors (Lipinski definition) is 10. The first-order valence-corrected chi connectivity index (χ1v) is 16.0. The maximum Gasteiger partial charge on any atom is 0.358 e. The predicted molar refractivity (Wildman–Crippen MR) is 152 cm³/mol. The fourth-order valence-corrected chi connectivity index (χ4v) is 7.88. The van der Waals surface area contributed by atoms with Crippen molar-refractivity contribution >= 4 is 89.8 Å². The Balaban J connectivity index is 1.50. The van der Waals surface area contributed by atoms with Gasteiger partial charge in [-0.3, -0.25) is 8.57 Å². The fraction of sp³-hybridized carbons (Fsp3) is 0.0909. The zero-order valence-electron chi connectivity index (χ0n) is 19.9. The van der Waals surface area contributed by atoms with Gasteiger partial charge in [0.15, 0.2) is 0 Å². The van der Waals surface area contributed by atoms with Crippen molar-refractivity contribution in [2.45, 2.75) is 22.6 Å². The maximum atomic E-state index is 12.9. The van der Waals surface area contributed by atoms with Crippen LogP contribution in [0.2, 0.25) is 30.1 Å². The molecule has 1 aliphatic carbocycles. The molecule has 0 saturated carbocycles. The maximum absolute atomic E-state index is 12.9. The first-order chi connectivity index (χ1) is 19.4. The van der Waals surface area contributed by atoms with Crippen LogP contribution in [0.25, 0.3) is 0 Å². The second-order valence-corrected chi connectivity index (χ2v) is 14.0. The van der Waals surface area contributed by atoms with E-state index in [4.69, 9.17) is 78.2 Å². The molecule has 2 heterocycles. The summed E-state index contributed by atoms with van der Waals surface area (Å²) in [7, 11) is -9.62. The Morgan fingerprint density at radius 3 is 1.05 bits per heavy atom. The van der Waals surface area contributed by atoms with E-state index in [1.807, 2.05) is 0 Å². The Bertz CT molecular complexity index is 1840. The Kier molecular flexibility index (Phi) is 7.76. The molecule has 5 rings (SSSR count). The van der Waals surface area contributed by atoms with Crippen molar-refractivity contribution in [3.05, 3.63) is 76.7 Å². The van der Waals surface area contributed by atoms with Crippen LogP contribution >= 0.6 is 69.6 Å². The molecule has 0 unspecified atom stereocenters. The summed E-state index contributed by atoms with van der Waals surface area (Å²) in [6.45, 7) is 0. The van der Waals surface area contributed by atoms with Crippen molar-refractivity contribution in [3.8, 4) is 23.5 Å². The van der Waals surface area contributed by atoms with Crippen LogP contribution in [0.15, 0.2) is 34.1 Å². The van der Waals surface area contributed by atoms with E-state index in [0.717, 1.165) is 24.3 Å². The molecule has 4 aromatic rings. The van der Waals surface area contributed by atoms with E-state index < -0.39 is 66.4 Å². The molecule has 2 aromatic heterocycles. The Labute approximate surface area is 266 Å². The highest BCUT2D eigenvalue weighted by Gasteiger charge is 2.38. The molecule has 2 aromatic carbocycles. The van der Waals surface area contributed by atoms with Crippen LogP contribution in [0.4, 0.5) is 0 Å². The van der Waals surface area contributed by atoms with E-state index in [2.05, 4.69) is 0 Å². The van der Waals surface area contributed by atoms with Crippen LogP contribution in [0.5, 0.6) is 23.5 Å². The summed E-state index contributed by atoms with van der Waals surface area (Å²) in [6, 6.07) is 3.92. The molecule has 42 heavy (non-hydrogen) atoms. The van der Waals surface area contributed by atoms with Crippen LogP contribution in [-0.4, -0.2) is 46.7 Å². The molecule has 4 N–H and O–H groups in total. The van der Waals surface area contributed by atoms with Crippen LogP contribution < -0.4 is 8.57 Å². The highest BCUT2D eigenvalue weighted by Crippen LogP contribution is 2.47. The SMILES string of the molecule is O=S(=O)(On1c(O)c2c(c1O)Cc1c(c(O)n(OS(=O)(=O)c3cc(Cl)c(Cl)cc3Cl)c1O)C2)c1cc(Cl)c(Cl)cc1Cl. The summed E-state index contributed by atoms with van der Waals surface area (Å²) in [6.07, 6.45) is -0.894. The number of fused-ring (bicyclic) bond motifs is 2. The Morgan fingerprint density at radius 2 is 0.762 bits per heavy atom. The molecule has 0 aliphatic heterocycles. The van der Waals surface area contributed by atoms with E-state index >= 15 is 0 Å². The summed E-state index contributed by atoms with van der Waals surface area (Å²) in [5.74, 6) is -3.57. The molecule has 0 radical (unpaired) electrons. The minimum atomic E-state index is -4.81. The fourth-order valence-electron chi connectivity index (χ4n) is 4.14. The number of aromatic nitrogens is 2. The second kappa shape index (κ2) is 10.6. The number of hydrogen-bond donors (Lipinski definition) is 4. The van der Waals surface area contributed by atoms with Crippen molar-refractivity contribution in [2.75, 3.05) is 0 Å². The summed E-state index contributed by atoms with van der Waals surface area (Å²) < 4.78 is 61.8. The topological polar surface area (TPSA) is 178 Å². The number of benzene rings is 2. The summed E-state index contributed by atoms with van der Waals surface area (Å²) >= 11 is 35.4. The van der Waals surface area contributed by atoms with Gasteiger partial charge in [-0.15, -0.1) is 0 Å². The normalized spacial score (nSPS) is 13.1. The minimum absolute atomic E-state index is 0.0404. The molecule has 0 fully saturated rings. The second-order valence-electron chi connectivity index (χ2n) is 8.60. The number of rotatable bonds is 6.